The molecule has 1 saturated carbocycles. The zero-order chi connectivity index (χ0) is 12.2. The Bertz CT molecular complexity index is 523. The molecule has 0 amide bonds. The highest BCUT2D eigenvalue weighted by Crippen LogP contribution is 2.42. The van der Waals surface area contributed by atoms with Crippen LogP contribution in [0.1, 0.15) is 5.76 Å². The molecule has 2 fully saturated rings. The topological polar surface area (TPSA) is 110 Å². The maximum Gasteiger partial charge on any atom is 0.248 e. The van der Waals surface area contributed by atoms with E-state index in [0.29, 0.717) is 11.8 Å². The highest BCUT2D eigenvalue weighted by molar-refractivity contribution is 7.89. The molecule has 2 heterocycles. The van der Waals surface area contributed by atoms with Crippen molar-refractivity contribution in [2.24, 2.45) is 11.8 Å². The van der Waals surface area contributed by atoms with E-state index in [0.717, 1.165) is 13.1 Å². The maximum absolute atomic E-state index is 12.1. The predicted molar refractivity (Wildman–Crippen MR) is 59.6 cm³/mol. The standard InChI is InChI=1S/C9H14N4O3S/c1-4-8(9(10)12-16-4)17(14,15)13-7-5-2-11-3-6(5)7/h5-7,11,13H,2-3H2,1H3,(H2,10,12)/t5-,6+,7?. The number of aryl methyl sites for hydroxylation is 1. The van der Waals surface area contributed by atoms with Gasteiger partial charge in [-0.2, -0.15) is 0 Å². The Balaban J connectivity index is 1.83. The molecule has 7 nitrogen and oxygen atoms in total. The van der Waals surface area contributed by atoms with Crippen LogP contribution in [0.25, 0.3) is 0 Å². The van der Waals surface area contributed by atoms with Crippen molar-refractivity contribution in [1.82, 2.24) is 15.2 Å². The zero-order valence-electron chi connectivity index (χ0n) is 9.30. The Kier molecular flexibility index (Phi) is 2.22. The second-order valence-corrected chi connectivity index (χ2v) is 6.24. The van der Waals surface area contributed by atoms with Gasteiger partial charge in [0.15, 0.2) is 16.5 Å². The van der Waals surface area contributed by atoms with Crippen LogP contribution in [0.5, 0.6) is 0 Å². The molecule has 17 heavy (non-hydrogen) atoms. The summed E-state index contributed by atoms with van der Waals surface area (Å²) in [6.07, 6.45) is 0. The number of aromatic nitrogens is 1. The average Bonchev–Trinajstić information content (AvgIpc) is 2.68. The molecular weight excluding hydrogens is 244 g/mol. The van der Waals surface area contributed by atoms with Gasteiger partial charge in [-0.05, 0) is 31.8 Å². The first-order chi connectivity index (χ1) is 8.00. The zero-order valence-corrected chi connectivity index (χ0v) is 10.1. The number of hydrogen-bond donors (Lipinski definition) is 3. The number of sulfonamides is 1. The van der Waals surface area contributed by atoms with Crippen LogP contribution in [0, 0.1) is 18.8 Å². The number of nitrogens with two attached hydrogens (primary N) is 1. The third-order valence-corrected chi connectivity index (χ3v) is 5.10. The van der Waals surface area contributed by atoms with E-state index >= 15 is 0 Å². The van der Waals surface area contributed by atoms with E-state index < -0.39 is 10.0 Å². The van der Waals surface area contributed by atoms with Crippen molar-refractivity contribution in [1.29, 1.82) is 0 Å². The third kappa shape index (κ3) is 1.63. The second kappa shape index (κ2) is 3.44. The molecule has 0 spiro atoms. The lowest BCUT2D eigenvalue weighted by Gasteiger charge is -2.07. The van der Waals surface area contributed by atoms with E-state index in [4.69, 9.17) is 10.3 Å². The smallest absolute Gasteiger partial charge is 0.248 e. The van der Waals surface area contributed by atoms with E-state index in [2.05, 4.69) is 15.2 Å². The maximum atomic E-state index is 12.1. The van der Waals surface area contributed by atoms with Gasteiger partial charge in [-0.25, -0.2) is 13.1 Å². The van der Waals surface area contributed by atoms with Gasteiger partial charge in [0.2, 0.25) is 10.0 Å². The van der Waals surface area contributed by atoms with Gasteiger partial charge in [0.1, 0.15) is 0 Å². The van der Waals surface area contributed by atoms with Crippen molar-refractivity contribution in [2.45, 2.75) is 17.9 Å². The summed E-state index contributed by atoms with van der Waals surface area (Å²) in [5.41, 5.74) is 5.50. The molecule has 1 aliphatic heterocycles. The molecule has 3 atom stereocenters. The number of nitrogens with one attached hydrogen (secondary N) is 2. The van der Waals surface area contributed by atoms with Crippen LogP contribution >= 0.6 is 0 Å². The Hall–Kier alpha value is -1.12. The number of hydrogen-bond acceptors (Lipinski definition) is 6. The summed E-state index contributed by atoms with van der Waals surface area (Å²) in [4.78, 5) is -0.0320. The summed E-state index contributed by atoms with van der Waals surface area (Å²) < 4.78 is 31.6. The molecule has 1 aromatic rings. The monoisotopic (exact) mass is 258 g/mol. The van der Waals surface area contributed by atoms with Crippen LogP contribution in [0.3, 0.4) is 0 Å². The van der Waals surface area contributed by atoms with Crippen molar-refractivity contribution >= 4 is 15.8 Å². The lowest BCUT2D eigenvalue weighted by atomic mass is 10.4. The Labute approximate surface area is 98.8 Å². The van der Waals surface area contributed by atoms with Crippen molar-refractivity contribution in [3.05, 3.63) is 5.76 Å². The molecule has 1 aliphatic carbocycles. The van der Waals surface area contributed by atoms with Gasteiger partial charge in [-0.1, -0.05) is 5.16 Å². The average molecular weight is 258 g/mol. The van der Waals surface area contributed by atoms with Crippen molar-refractivity contribution < 1.29 is 12.9 Å². The normalized spacial score (nSPS) is 31.5. The molecule has 0 aromatic carbocycles. The van der Waals surface area contributed by atoms with Gasteiger partial charge < -0.3 is 15.6 Å². The Morgan fingerprint density at radius 3 is 2.65 bits per heavy atom. The fourth-order valence-electron chi connectivity index (χ4n) is 2.54. The van der Waals surface area contributed by atoms with Crippen LogP contribution in [0.15, 0.2) is 9.42 Å². The minimum atomic E-state index is -3.62. The molecule has 1 saturated heterocycles. The quantitative estimate of drug-likeness (QED) is 0.645. The summed E-state index contributed by atoms with van der Waals surface area (Å²) in [5.74, 6) is 0.954. The first-order valence-electron chi connectivity index (χ1n) is 5.45. The lowest BCUT2D eigenvalue weighted by Crippen LogP contribution is -2.33. The van der Waals surface area contributed by atoms with Crippen LogP contribution in [0.4, 0.5) is 5.82 Å². The third-order valence-electron chi connectivity index (χ3n) is 3.48. The van der Waals surface area contributed by atoms with Gasteiger partial charge in [0.05, 0.1) is 0 Å². The molecule has 2 aliphatic rings. The molecule has 0 radical (unpaired) electrons. The minimum Gasteiger partial charge on any atom is -0.380 e. The predicted octanol–water partition coefficient (Wildman–Crippen LogP) is -0.939. The molecule has 4 N–H and O–H groups in total. The highest BCUT2D eigenvalue weighted by atomic mass is 32.2. The number of rotatable bonds is 3. The number of nitrogens with zero attached hydrogens (tertiary/aromatic N) is 1. The summed E-state index contributed by atoms with van der Waals surface area (Å²) >= 11 is 0. The largest absolute Gasteiger partial charge is 0.380 e. The number of nitrogen functional groups attached to an aromatic ring is 1. The number of anilines is 1. The first-order valence-corrected chi connectivity index (χ1v) is 6.94. The minimum absolute atomic E-state index is 0.0231. The highest BCUT2D eigenvalue weighted by Gasteiger charge is 2.54. The number of fused-ring (bicyclic) bond motifs is 1. The van der Waals surface area contributed by atoms with Crippen LogP contribution in [-0.2, 0) is 10.0 Å². The fraction of sp³-hybridized carbons (Fsp3) is 0.667. The van der Waals surface area contributed by atoms with Gasteiger partial charge in [0, 0.05) is 6.04 Å². The molecule has 3 rings (SSSR count). The summed E-state index contributed by atoms with van der Waals surface area (Å²) in [7, 11) is -3.62. The fourth-order valence-corrected chi connectivity index (χ4v) is 4.09. The molecule has 1 unspecified atom stereocenters. The molecular formula is C9H14N4O3S. The van der Waals surface area contributed by atoms with E-state index in [1.807, 2.05) is 0 Å². The van der Waals surface area contributed by atoms with E-state index in [9.17, 15) is 8.42 Å². The first kappa shape index (κ1) is 11.0. The Morgan fingerprint density at radius 2 is 2.12 bits per heavy atom. The van der Waals surface area contributed by atoms with E-state index in [1.165, 1.54) is 6.92 Å². The van der Waals surface area contributed by atoms with Gasteiger partial charge in [-0.15, -0.1) is 0 Å². The molecule has 94 valence electrons. The van der Waals surface area contributed by atoms with Crippen molar-refractivity contribution in [3.63, 3.8) is 0 Å². The molecule has 0 bridgehead atoms. The van der Waals surface area contributed by atoms with Crippen molar-refractivity contribution in [3.8, 4) is 0 Å². The summed E-state index contributed by atoms with van der Waals surface area (Å²) in [5, 5.41) is 6.66. The molecule has 8 heteroatoms. The van der Waals surface area contributed by atoms with E-state index in [1.54, 1.807) is 0 Å². The van der Waals surface area contributed by atoms with E-state index in [-0.39, 0.29) is 22.5 Å². The lowest BCUT2D eigenvalue weighted by molar-refractivity contribution is 0.396. The Morgan fingerprint density at radius 1 is 1.47 bits per heavy atom. The van der Waals surface area contributed by atoms with Gasteiger partial charge in [0.25, 0.3) is 0 Å². The second-order valence-electron chi connectivity index (χ2n) is 4.59. The number of piperidine rings is 1. The summed E-state index contributed by atoms with van der Waals surface area (Å²) in [6.45, 7) is 3.28. The summed E-state index contributed by atoms with van der Waals surface area (Å²) in [6, 6.07) is 0.0231. The van der Waals surface area contributed by atoms with Crippen LogP contribution in [-0.4, -0.2) is 32.7 Å². The van der Waals surface area contributed by atoms with Crippen LogP contribution < -0.4 is 15.8 Å². The van der Waals surface area contributed by atoms with Crippen molar-refractivity contribution in [2.75, 3.05) is 18.8 Å². The van der Waals surface area contributed by atoms with Gasteiger partial charge >= 0.3 is 0 Å². The van der Waals surface area contributed by atoms with Gasteiger partial charge in [-0.3, -0.25) is 0 Å². The van der Waals surface area contributed by atoms with Crippen LogP contribution in [0.2, 0.25) is 0 Å². The SMILES string of the molecule is Cc1onc(N)c1S(=O)(=O)NC1[C@H]2CNC[C@@H]12. The molecule has 1 aromatic heterocycles.